The van der Waals surface area contributed by atoms with E-state index in [-0.39, 0.29) is 24.2 Å². The first-order chi connectivity index (χ1) is 7.60. The van der Waals surface area contributed by atoms with Gasteiger partial charge in [-0.25, -0.2) is 0 Å². The minimum absolute atomic E-state index is 0. The molecular formula is C12H17BrClNO2. The van der Waals surface area contributed by atoms with E-state index in [1.165, 1.54) is 7.11 Å². The second-order valence-electron chi connectivity index (χ2n) is 3.52. The van der Waals surface area contributed by atoms with Gasteiger partial charge in [-0.05, 0) is 25.0 Å². The van der Waals surface area contributed by atoms with Crippen LogP contribution in [0.15, 0.2) is 29.3 Å². The molecule has 0 aliphatic heterocycles. The third kappa shape index (κ3) is 4.22. The molecule has 0 aliphatic carbocycles. The quantitative estimate of drug-likeness (QED) is 0.815. The predicted octanol–water partition coefficient (Wildman–Crippen LogP) is 3.55. The number of hydrogen-bond donors (Lipinski definition) is 2. The molecule has 96 valence electrons. The molecule has 0 aromatic heterocycles. The van der Waals surface area contributed by atoms with Crippen molar-refractivity contribution in [2.45, 2.75) is 18.9 Å². The summed E-state index contributed by atoms with van der Waals surface area (Å²) in [4.78, 5) is 0. The van der Waals surface area contributed by atoms with Gasteiger partial charge in [0.25, 0.3) is 0 Å². The van der Waals surface area contributed by atoms with Crippen molar-refractivity contribution in [3.63, 3.8) is 0 Å². The molecule has 0 bridgehead atoms. The Morgan fingerprint density at radius 2 is 2.24 bits per heavy atom. The minimum atomic E-state index is -0.218. The third-order valence-electron chi connectivity index (χ3n) is 2.37. The van der Waals surface area contributed by atoms with Crippen LogP contribution in [0, 0.1) is 0 Å². The summed E-state index contributed by atoms with van der Waals surface area (Å²) in [5.74, 6) is 0.542. The van der Waals surface area contributed by atoms with Gasteiger partial charge in [0, 0.05) is 16.1 Å². The Balaban J connectivity index is 0.00000256. The van der Waals surface area contributed by atoms with Gasteiger partial charge in [-0.3, -0.25) is 0 Å². The van der Waals surface area contributed by atoms with Crippen molar-refractivity contribution in [3.8, 4) is 11.5 Å². The second kappa shape index (κ2) is 7.58. The summed E-state index contributed by atoms with van der Waals surface area (Å²) in [5.41, 5.74) is 6.68. The van der Waals surface area contributed by atoms with Crippen LogP contribution in [0.2, 0.25) is 0 Å². The molecular weight excluding hydrogens is 305 g/mol. The number of rotatable bonds is 5. The number of methoxy groups -OCH3 is 1. The molecule has 0 heterocycles. The number of ether oxygens (including phenoxy) is 1. The average Bonchev–Trinajstić information content (AvgIpc) is 2.28. The van der Waals surface area contributed by atoms with E-state index >= 15 is 0 Å². The number of hydrogen-bond acceptors (Lipinski definition) is 3. The minimum Gasteiger partial charge on any atom is -0.504 e. The monoisotopic (exact) mass is 321 g/mol. The van der Waals surface area contributed by atoms with E-state index in [0.717, 1.165) is 17.3 Å². The number of phenolic OH excluding ortho intramolecular Hbond substituents is 1. The topological polar surface area (TPSA) is 55.5 Å². The molecule has 17 heavy (non-hydrogen) atoms. The van der Waals surface area contributed by atoms with Crippen LogP contribution in [0.3, 0.4) is 0 Å². The Hall–Kier alpha value is -0.710. The zero-order valence-electron chi connectivity index (χ0n) is 9.65. The van der Waals surface area contributed by atoms with Gasteiger partial charge in [0.15, 0.2) is 11.5 Å². The number of allylic oxidation sites excluding steroid dienone is 1. The molecule has 0 aliphatic rings. The summed E-state index contributed by atoms with van der Waals surface area (Å²) in [6, 6.07) is 3.30. The van der Waals surface area contributed by atoms with E-state index in [0.29, 0.717) is 11.3 Å². The van der Waals surface area contributed by atoms with Crippen LogP contribution in [0.25, 0.3) is 0 Å². The molecule has 0 spiro atoms. The summed E-state index contributed by atoms with van der Waals surface area (Å²) < 4.78 is 5.90. The predicted molar refractivity (Wildman–Crippen MR) is 76.0 cm³/mol. The van der Waals surface area contributed by atoms with Crippen molar-refractivity contribution >= 4 is 28.3 Å². The maximum absolute atomic E-state index is 9.93. The maximum atomic E-state index is 9.93. The summed E-state index contributed by atoms with van der Waals surface area (Å²) in [5, 5.41) is 9.93. The van der Waals surface area contributed by atoms with Gasteiger partial charge >= 0.3 is 0 Å². The average molecular weight is 323 g/mol. The first-order valence-electron chi connectivity index (χ1n) is 5.03. The van der Waals surface area contributed by atoms with E-state index in [4.69, 9.17) is 10.5 Å². The van der Waals surface area contributed by atoms with E-state index in [1.807, 2.05) is 12.1 Å². The van der Waals surface area contributed by atoms with Crippen molar-refractivity contribution in [2.75, 3.05) is 7.11 Å². The number of benzene rings is 1. The largest absolute Gasteiger partial charge is 0.504 e. The molecule has 0 fully saturated rings. The van der Waals surface area contributed by atoms with Crippen LogP contribution < -0.4 is 10.5 Å². The van der Waals surface area contributed by atoms with Gasteiger partial charge in [-0.1, -0.05) is 22.0 Å². The zero-order chi connectivity index (χ0) is 12.1. The SMILES string of the molecule is C=CCC[C@@H](N)c1cc(Br)cc(OC)c1O.Cl. The first kappa shape index (κ1) is 16.3. The van der Waals surface area contributed by atoms with Crippen LogP contribution in [0.1, 0.15) is 24.4 Å². The molecule has 5 heteroatoms. The third-order valence-corrected chi connectivity index (χ3v) is 2.83. The second-order valence-corrected chi connectivity index (χ2v) is 4.43. The Morgan fingerprint density at radius 3 is 2.76 bits per heavy atom. The zero-order valence-corrected chi connectivity index (χ0v) is 12.1. The van der Waals surface area contributed by atoms with E-state index < -0.39 is 0 Å². The molecule has 1 aromatic carbocycles. The first-order valence-corrected chi connectivity index (χ1v) is 5.82. The van der Waals surface area contributed by atoms with Gasteiger partial charge < -0.3 is 15.6 Å². The Labute approximate surface area is 116 Å². The highest BCUT2D eigenvalue weighted by Gasteiger charge is 2.15. The van der Waals surface area contributed by atoms with Crippen molar-refractivity contribution in [3.05, 3.63) is 34.8 Å². The number of nitrogens with two attached hydrogens (primary N) is 1. The lowest BCUT2D eigenvalue weighted by atomic mass is 10.0. The summed E-state index contributed by atoms with van der Waals surface area (Å²) >= 11 is 3.36. The van der Waals surface area contributed by atoms with Crippen molar-refractivity contribution in [1.29, 1.82) is 0 Å². The highest BCUT2D eigenvalue weighted by molar-refractivity contribution is 9.10. The highest BCUT2D eigenvalue weighted by atomic mass is 79.9. The van der Waals surface area contributed by atoms with Gasteiger partial charge in [-0.15, -0.1) is 19.0 Å². The van der Waals surface area contributed by atoms with Crippen molar-refractivity contribution < 1.29 is 9.84 Å². The standard InChI is InChI=1S/C12H16BrNO2.ClH/c1-3-4-5-10(14)9-6-8(13)7-11(16-2)12(9)15;/h3,6-7,10,15H,1,4-5,14H2,2H3;1H/t10-;/m1./s1. The van der Waals surface area contributed by atoms with Gasteiger partial charge in [0.05, 0.1) is 7.11 Å². The van der Waals surface area contributed by atoms with Crippen LogP contribution in [-0.4, -0.2) is 12.2 Å². The smallest absolute Gasteiger partial charge is 0.162 e. The van der Waals surface area contributed by atoms with Crippen LogP contribution in [0.4, 0.5) is 0 Å². The number of halogens is 2. The van der Waals surface area contributed by atoms with E-state index in [9.17, 15) is 5.11 Å². The Bertz CT molecular complexity index is 385. The summed E-state index contributed by atoms with van der Waals surface area (Å²) in [6.45, 7) is 3.65. The fourth-order valence-corrected chi connectivity index (χ4v) is 1.94. The highest BCUT2D eigenvalue weighted by Crippen LogP contribution is 2.37. The molecule has 1 rings (SSSR count). The molecule has 0 saturated heterocycles. The molecule has 0 unspecified atom stereocenters. The molecule has 1 atom stereocenters. The Kier molecular flexibility index (Phi) is 7.27. The summed E-state index contributed by atoms with van der Waals surface area (Å²) in [7, 11) is 1.51. The molecule has 0 amide bonds. The van der Waals surface area contributed by atoms with Crippen molar-refractivity contribution in [1.82, 2.24) is 0 Å². The molecule has 3 nitrogen and oxygen atoms in total. The lowest BCUT2D eigenvalue weighted by molar-refractivity contribution is 0.367. The molecule has 1 aromatic rings. The molecule has 3 N–H and O–H groups in total. The fourth-order valence-electron chi connectivity index (χ4n) is 1.49. The molecule has 0 radical (unpaired) electrons. The van der Waals surface area contributed by atoms with Gasteiger partial charge in [0.2, 0.25) is 0 Å². The fraction of sp³-hybridized carbons (Fsp3) is 0.333. The lowest BCUT2D eigenvalue weighted by Gasteiger charge is -2.15. The Morgan fingerprint density at radius 1 is 1.59 bits per heavy atom. The van der Waals surface area contributed by atoms with Crippen molar-refractivity contribution in [2.24, 2.45) is 5.73 Å². The molecule has 0 saturated carbocycles. The maximum Gasteiger partial charge on any atom is 0.162 e. The van der Waals surface area contributed by atoms with Crippen LogP contribution >= 0.6 is 28.3 Å². The number of phenols is 1. The van der Waals surface area contributed by atoms with Crippen LogP contribution in [-0.2, 0) is 0 Å². The number of aromatic hydroxyl groups is 1. The normalized spacial score (nSPS) is 11.5. The van der Waals surface area contributed by atoms with Crippen LogP contribution in [0.5, 0.6) is 11.5 Å². The summed E-state index contributed by atoms with van der Waals surface area (Å²) in [6.07, 6.45) is 3.37. The van der Waals surface area contributed by atoms with Gasteiger partial charge in [0.1, 0.15) is 0 Å². The van der Waals surface area contributed by atoms with Gasteiger partial charge in [-0.2, -0.15) is 0 Å². The van der Waals surface area contributed by atoms with E-state index in [2.05, 4.69) is 22.5 Å². The van der Waals surface area contributed by atoms with E-state index in [1.54, 1.807) is 6.07 Å². The lowest BCUT2D eigenvalue weighted by Crippen LogP contribution is -2.10.